The van der Waals surface area contributed by atoms with E-state index in [1.54, 1.807) is 6.07 Å². The number of hydrogen-bond donors (Lipinski definition) is 1. The van der Waals surface area contributed by atoms with Crippen LogP contribution in [0.4, 0.5) is 4.39 Å². The lowest BCUT2D eigenvalue weighted by atomic mass is 10.2. The maximum atomic E-state index is 13.8. The minimum atomic E-state index is -3.98. The number of nitrogens with zero attached hydrogens (tertiary/aromatic N) is 1. The number of halogens is 1. The largest absolute Gasteiger partial charge is 0.243 e. The van der Waals surface area contributed by atoms with Crippen LogP contribution in [-0.2, 0) is 26.6 Å². The maximum absolute atomic E-state index is 13.8. The van der Waals surface area contributed by atoms with Gasteiger partial charge in [-0.3, -0.25) is 0 Å². The second kappa shape index (κ2) is 7.07. The molecule has 0 saturated heterocycles. The molecule has 1 aliphatic carbocycles. The van der Waals surface area contributed by atoms with Gasteiger partial charge >= 0.3 is 0 Å². The first-order valence-corrected chi connectivity index (χ1v) is 10.9. The van der Waals surface area contributed by atoms with E-state index in [0.717, 1.165) is 23.2 Å². The van der Waals surface area contributed by atoms with Crippen LogP contribution in [0, 0.1) is 5.82 Å². The van der Waals surface area contributed by atoms with Gasteiger partial charge in [-0.1, -0.05) is 24.3 Å². The van der Waals surface area contributed by atoms with Gasteiger partial charge in [-0.15, -0.1) is 0 Å². The molecule has 0 amide bonds. The van der Waals surface area contributed by atoms with Gasteiger partial charge in [0.25, 0.3) is 0 Å². The summed E-state index contributed by atoms with van der Waals surface area (Å²) in [5, 5.41) is 0. The van der Waals surface area contributed by atoms with Crippen molar-refractivity contribution >= 4 is 20.0 Å². The Morgan fingerprint density at radius 3 is 2.35 bits per heavy atom. The molecule has 1 N–H and O–H groups in total. The fraction of sp³-hybridized carbons (Fsp3) is 0.294. The fourth-order valence-electron chi connectivity index (χ4n) is 2.42. The number of rotatable bonds is 7. The average molecular weight is 398 g/mol. The highest BCUT2D eigenvalue weighted by atomic mass is 32.2. The predicted octanol–water partition coefficient (Wildman–Crippen LogP) is 2.09. The molecule has 0 spiro atoms. The Balaban J connectivity index is 1.87. The molecule has 0 aliphatic heterocycles. The molecule has 6 nitrogen and oxygen atoms in total. The molecule has 0 atom stereocenters. The maximum Gasteiger partial charge on any atom is 0.243 e. The van der Waals surface area contributed by atoms with Gasteiger partial charge in [0.05, 0.1) is 9.79 Å². The van der Waals surface area contributed by atoms with E-state index in [-0.39, 0.29) is 27.9 Å². The number of hydrogen-bond acceptors (Lipinski definition) is 4. The Morgan fingerprint density at radius 2 is 1.69 bits per heavy atom. The van der Waals surface area contributed by atoms with Gasteiger partial charge in [-0.05, 0) is 37.1 Å². The minimum absolute atomic E-state index is 0.0796. The Kier molecular flexibility index (Phi) is 5.16. The monoisotopic (exact) mass is 398 g/mol. The molecule has 9 heteroatoms. The third-order valence-corrected chi connectivity index (χ3v) is 7.39. The first kappa shape index (κ1) is 19.0. The number of benzene rings is 2. The highest BCUT2D eigenvalue weighted by Gasteiger charge is 2.29. The summed E-state index contributed by atoms with van der Waals surface area (Å²) in [5.41, 5.74) is 0.234. The summed E-state index contributed by atoms with van der Waals surface area (Å²) in [5.74, 6) is -0.500. The normalized spacial score (nSPS) is 15.3. The van der Waals surface area contributed by atoms with Crippen LogP contribution in [0.25, 0.3) is 0 Å². The highest BCUT2D eigenvalue weighted by Crippen LogP contribution is 2.24. The summed E-state index contributed by atoms with van der Waals surface area (Å²) in [6.45, 7) is -0.160. The topological polar surface area (TPSA) is 83.6 Å². The fourth-order valence-corrected chi connectivity index (χ4v) is 5.04. The molecular formula is C17H19FN2O4S2. The summed E-state index contributed by atoms with van der Waals surface area (Å²) in [4.78, 5) is -0.264. The van der Waals surface area contributed by atoms with Crippen LogP contribution in [0.1, 0.15) is 18.4 Å². The first-order valence-electron chi connectivity index (χ1n) is 8.02. The smallest absolute Gasteiger partial charge is 0.208 e. The molecule has 1 aliphatic rings. The molecule has 2 aromatic rings. The lowest BCUT2D eigenvalue weighted by molar-refractivity contribution is 0.456. The Morgan fingerprint density at radius 1 is 1.04 bits per heavy atom. The minimum Gasteiger partial charge on any atom is -0.208 e. The first-order chi connectivity index (χ1) is 12.2. The Bertz CT molecular complexity index is 1020. The van der Waals surface area contributed by atoms with Crippen LogP contribution in [-0.4, -0.2) is 34.2 Å². The average Bonchev–Trinajstić information content (AvgIpc) is 3.40. The van der Waals surface area contributed by atoms with Gasteiger partial charge in [0.2, 0.25) is 20.0 Å². The molecule has 0 aromatic heterocycles. The summed E-state index contributed by atoms with van der Waals surface area (Å²) >= 11 is 0. The van der Waals surface area contributed by atoms with E-state index in [4.69, 9.17) is 0 Å². The quantitative estimate of drug-likeness (QED) is 0.774. The Hall–Kier alpha value is -1.81. The molecule has 140 valence electrons. The van der Waals surface area contributed by atoms with E-state index in [0.29, 0.717) is 0 Å². The van der Waals surface area contributed by atoms with Crippen LogP contribution in [0.2, 0.25) is 0 Å². The number of sulfonamides is 2. The van der Waals surface area contributed by atoms with Gasteiger partial charge in [0.15, 0.2) is 0 Å². The third-order valence-electron chi connectivity index (χ3n) is 4.07. The van der Waals surface area contributed by atoms with Crippen molar-refractivity contribution in [2.24, 2.45) is 0 Å². The van der Waals surface area contributed by atoms with Crippen LogP contribution >= 0.6 is 0 Å². The standard InChI is InChI=1S/C17H19FN2O4S2/c1-20(12-13-5-2-3-8-17(13)18)26(23,24)16-7-4-6-15(11-16)25(21,22)19-14-9-10-14/h2-8,11,14,19H,9-10,12H2,1H3. The Labute approximate surface area is 152 Å². The van der Waals surface area contributed by atoms with E-state index >= 15 is 0 Å². The van der Waals surface area contributed by atoms with Crippen LogP contribution < -0.4 is 4.72 Å². The van der Waals surface area contributed by atoms with E-state index in [2.05, 4.69) is 4.72 Å². The van der Waals surface area contributed by atoms with Crippen LogP contribution in [0.15, 0.2) is 58.3 Å². The lowest BCUT2D eigenvalue weighted by Crippen LogP contribution is -2.28. The summed E-state index contributed by atoms with van der Waals surface area (Å²) in [6, 6.07) is 11.0. The van der Waals surface area contributed by atoms with Gasteiger partial charge < -0.3 is 0 Å². The van der Waals surface area contributed by atoms with Gasteiger partial charge in [0, 0.05) is 25.2 Å². The van der Waals surface area contributed by atoms with Gasteiger partial charge in [-0.2, -0.15) is 4.31 Å². The summed E-state index contributed by atoms with van der Waals surface area (Å²) in [7, 11) is -6.41. The zero-order valence-electron chi connectivity index (χ0n) is 14.1. The van der Waals surface area contributed by atoms with E-state index in [1.165, 1.54) is 43.4 Å². The van der Waals surface area contributed by atoms with Gasteiger partial charge in [-0.25, -0.2) is 25.9 Å². The van der Waals surface area contributed by atoms with Crippen molar-refractivity contribution in [3.05, 3.63) is 59.9 Å². The van der Waals surface area contributed by atoms with Crippen molar-refractivity contribution in [1.82, 2.24) is 9.03 Å². The van der Waals surface area contributed by atoms with E-state index in [9.17, 15) is 21.2 Å². The molecular weight excluding hydrogens is 379 g/mol. The highest BCUT2D eigenvalue weighted by molar-refractivity contribution is 7.90. The molecule has 2 aromatic carbocycles. The third kappa shape index (κ3) is 4.12. The molecule has 3 rings (SSSR count). The molecule has 1 saturated carbocycles. The van der Waals surface area contributed by atoms with Crippen LogP contribution in [0.3, 0.4) is 0 Å². The zero-order chi connectivity index (χ0) is 18.9. The van der Waals surface area contributed by atoms with Crippen molar-refractivity contribution in [2.75, 3.05) is 7.05 Å². The lowest BCUT2D eigenvalue weighted by Gasteiger charge is -2.18. The van der Waals surface area contributed by atoms with E-state index in [1.807, 2.05) is 0 Å². The number of nitrogens with one attached hydrogen (secondary N) is 1. The molecule has 26 heavy (non-hydrogen) atoms. The van der Waals surface area contributed by atoms with Crippen molar-refractivity contribution in [3.63, 3.8) is 0 Å². The van der Waals surface area contributed by atoms with Crippen molar-refractivity contribution in [3.8, 4) is 0 Å². The molecule has 0 heterocycles. The second-order valence-corrected chi connectivity index (χ2v) is 9.98. The van der Waals surface area contributed by atoms with Crippen molar-refractivity contribution < 1.29 is 21.2 Å². The predicted molar refractivity (Wildman–Crippen MR) is 94.8 cm³/mol. The van der Waals surface area contributed by atoms with E-state index < -0.39 is 25.9 Å². The molecule has 0 radical (unpaired) electrons. The van der Waals surface area contributed by atoms with Crippen molar-refractivity contribution in [1.29, 1.82) is 0 Å². The van der Waals surface area contributed by atoms with Gasteiger partial charge in [0.1, 0.15) is 5.82 Å². The van der Waals surface area contributed by atoms with Crippen molar-refractivity contribution in [2.45, 2.75) is 35.2 Å². The zero-order valence-corrected chi connectivity index (χ0v) is 15.7. The molecule has 0 unspecified atom stereocenters. The summed E-state index contributed by atoms with van der Waals surface area (Å²) < 4.78 is 67.4. The second-order valence-electron chi connectivity index (χ2n) is 6.22. The molecule has 0 bridgehead atoms. The SMILES string of the molecule is CN(Cc1ccccc1F)S(=O)(=O)c1cccc(S(=O)(=O)NC2CC2)c1. The summed E-state index contributed by atoms with van der Waals surface area (Å²) in [6.07, 6.45) is 1.56. The van der Waals surface area contributed by atoms with Crippen LogP contribution in [0.5, 0.6) is 0 Å². The molecule has 1 fully saturated rings.